The number of nitrogens with one attached hydrogen (secondary N) is 1. The van der Waals surface area contributed by atoms with Crippen molar-refractivity contribution >= 4 is 21.5 Å². The van der Waals surface area contributed by atoms with E-state index >= 15 is 0 Å². The first-order chi connectivity index (χ1) is 8.44. The number of rotatable bonds is 7. The summed E-state index contributed by atoms with van der Waals surface area (Å²) in [5.74, 6) is 0.409. The van der Waals surface area contributed by atoms with Crippen LogP contribution in [0.15, 0.2) is 6.33 Å². The van der Waals surface area contributed by atoms with Gasteiger partial charge in [0.15, 0.2) is 5.82 Å². The Balaban J connectivity index is 2.66. The van der Waals surface area contributed by atoms with E-state index in [1.54, 1.807) is 0 Å². The van der Waals surface area contributed by atoms with Crippen LogP contribution in [0.1, 0.15) is 13.3 Å². The van der Waals surface area contributed by atoms with Crippen LogP contribution >= 0.6 is 0 Å². The molecular weight excluding hydrogens is 258 g/mol. The van der Waals surface area contributed by atoms with E-state index in [4.69, 9.17) is 15.6 Å². The summed E-state index contributed by atoms with van der Waals surface area (Å²) in [6.45, 7) is 2.58. The lowest BCUT2D eigenvalue weighted by Crippen LogP contribution is -2.23. The lowest BCUT2D eigenvalue weighted by atomic mass is 10.4. The number of anilines is 2. The Bertz CT molecular complexity index is 491. The Morgan fingerprint density at radius 1 is 1.44 bits per heavy atom. The summed E-state index contributed by atoms with van der Waals surface area (Å²) in [5, 5.41) is 7.65. The monoisotopic (exact) mass is 275 g/mol. The van der Waals surface area contributed by atoms with E-state index in [-0.39, 0.29) is 23.9 Å². The van der Waals surface area contributed by atoms with Gasteiger partial charge in [-0.25, -0.2) is 18.5 Å². The molecule has 0 aliphatic carbocycles. The molecule has 1 aromatic heterocycles. The van der Waals surface area contributed by atoms with Gasteiger partial charge in [0.1, 0.15) is 12.0 Å². The number of primary sulfonamides is 1. The SMILES string of the molecule is CCCOc1ncnc(NCCS(N)(=O)=O)c1N. The van der Waals surface area contributed by atoms with E-state index in [2.05, 4.69) is 15.3 Å². The van der Waals surface area contributed by atoms with E-state index in [9.17, 15) is 8.42 Å². The molecule has 0 saturated heterocycles. The molecule has 0 atom stereocenters. The molecule has 0 unspecified atom stereocenters. The van der Waals surface area contributed by atoms with Crippen LogP contribution in [-0.2, 0) is 10.0 Å². The van der Waals surface area contributed by atoms with Gasteiger partial charge in [-0.1, -0.05) is 6.92 Å². The molecule has 0 saturated carbocycles. The van der Waals surface area contributed by atoms with Crippen molar-refractivity contribution in [1.29, 1.82) is 0 Å². The summed E-state index contributed by atoms with van der Waals surface area (Å²) in [6, 6.07) is 0. The standard InChI is InChI=1S/C9H17N5O3S/c1-2-4-17-9-7(10)8(13-6-14-9)12-3-5-18(11,15)16/h6H,2-5,10H2,1H3,(H2,11,15,16)(H,12,13,14). The topological polar surface area (TPSA) is 133 Å². The molecule has 0 aliphatic heterocycles. The zero-order valence-corrected chi connectivity index (χ0v) is 10.9. The lowest BCUT2D eigenvalue weighted by molar-refractivity contribution is 0.307. The van der Waals surface area contributed by atoms with Gasteiger partial charge in [-0.05, 0) is 6.42 Å². The highest BCUT2D eigenvalue weighted by atomic mass is 32.2. The first-order valence-corrected chi connectivity index (χ1v) is 7.13. The molecule has 0 fully saturated rings. The lowest BCUT2D eigenvalue weighted by Gasteiger charge is -2.10. The van der Waals surface area contributed by atoms with Gasteiger partial charge in [0.2, 0.25) is 15.9 Å². The van der Waals surface area contributed by atoms with Crippen molar-refractivity contribution in [2.45, 2.75) is 13.3 Å². The number of ether oxygens (including phenoxy) is 1. The summed E-state index contributed by atoms with van der Waals surface area (Å²) in [7, 11) is -3.51. The fraction of sp³-hybridized carbons (Fsp3) is 0.556. The molecule has 9 heteroatoms. The molecule has 0 bridgehead atoms. The molecule has 1 aromatic rings. The van der Waals surface area contributed by atoms with Crippen molar-refractivity contribution in [2.75, 3.05) is 30.0 Å². The molecule has 102 valence electrons. The van der Waals surface area contributed by atoms with Crippen LogP contribution in [0.2, 0.25) is 0 Å². The third kappa shape index (κ3) is 4.72. The molecule has 0 amide bonds. The minimum Gasteiger partial charge on any atom is -0.476 e. The van der Waals surface area contributed by atoms with E-state index < -0.39 is 10.0 Å². The highest BCUT2D eigenvalue weighted by Crippen LogP contribution is 2.24. The van der Waals surface area contributed by atoms with Gasteiger partial charge in [0.05, 0.1) is 12.4 Å². The van der Waals surface area contributed by atoms with Crippen molar-refractivity contribution in [2.24, 2.45) is 5.14 Å². The third-order valence-corrected chi connectivity index (χ3v) is 2.74. The smallest absolute Gasteiger partial charge is 0.242 e. The fourth-order valence-corrected chi connectivity index (χ4v) is 1.53. The number of aromatic nitrogens is 2. The van der Waals surface area contributed by atoms with E-state index in [1.165, 1.54) is 6.33 Å². The molecule has 0 aliphatic rings. The predicted octanol–water partition coefficient (Wildman–Crippen LogP) is -0.452. The Labute approximate surface area is 106 Å². The van der Waals surface area contributed by atoms with Crippen molar-refractivity contribution in [3.63, 3.8) is 0 Å². The molecule has 0 aromatic carbocycles. The summed E-state index contributed by atoms with van der Waals surface area (Å²) < 4.78 is 26.8. The van der Waals surface area contributed by atoms with Crippen LogP contribution in [0.4, 0.5) is 11.5 Å². The molecular formula is C9H17N5O3S. The third-order valence-electron chi connectivity index (χ3n) is 1.97. The van der Waals surface area contributed by atoms with Crippen LogP contribution in [0.25, 0.3) is 0 Å². The predicted molar refractivity (Wildman–Crippen MR) is 68.7 cm³/mol. The zero-order chi connectivity index (χ0) is 13.6. The maximum absolute atomic E-state index is 10.8. The Hall–Kier alpha value is -1.61. The summed E-state index contributed by atoms with van der Waals surface area (Å²) in [6.07, 6.45) is 2.12. The van der Waals surface area contributed by atoms with Gasteiger partial charge in [0, 0.05) is 6.54 Å². The Kier molecular flexibility index (Phi) is 5.10. The summed E-state index contributed by atoms with van der Waals surface area (Å²) in [4.78, 5) is 7.80. The first kappa shape index (κ1) is 14.5. The molecule has 5 N–H and O–H groups in total. The second-order valence-corrected chi connectivity index (χ2v) is 5.32. The fourth-order valence-electron chi connectivity index (χ4n) is 1.15. The molecule has 1 rings (SSSR count). The van der Waals surface area contributed by atoms with E-state index in [1.807, 2.05) is 6.92 Å². The van der Waals surface area contributed by atoms with E-state index in [0.717, 1.165) is 6.42 Å². The number of hydrogen-bond donors (Lipinski definition) is 3. The quantitative estimate of drug-likeness (QED) is 0.613. The molecule has 1 heterocycles. The van der Waals surface area contributed by atoms with Gasteiger partial charge >= 0.3 is 0 Å². The number of nitrogens with two attached hydrogens (primary N) is 2. The highest BCUT2D eigenvalue weighted by Gasteiger charge is 2.09. The summed E-state index contributed by atoms with van der Waals surface area (Å²) >= 11 is 0. The van der Waals surface area contributed by atoms with Gasteiger partial charge in [-0.15, -0.1) is 0 Å². The van der Waals surface area contributed by atoms with Crippen LogP contribution in [0.3, 0.4) is 0 Å². The second-order valence-electron chi connectivity index (χ2n) is 3.58. The van der Waals surface area contributed by atoms with Crippen LogP contribution in [0, 0.1) is 0 Å². The maximum atomic E-state index is 10.8. The Morgan fingerprint density at radius 2 is 2.17 bits per heavy atom. The average molecular weight is 275 g/mol. The number of sulfonamides is 1. The van der Waals surface area contributed by atoms with Gasteiger partial charge in [-0.3, -0.25) is 0 Å². The summed E-state index contributed by atoms with van der Waals surface area (Å²) in [5.41, 5.74) is 6.03. The zero-order valence-electron chi connectivity index (χ0n) is 10.1. The van der Waals surface area contributed by atoms with Crippen molar-refractivity contribution in [1.82, 2.24) is 9.97 Å². The number of nitrogens with zero attached hydrogens (tertiary/aromatic N) is 2. The molecule has 0 spiro atoms. The van der Waals surface area contributed by atoms with E-state index in [0.29, 0.717) is 12.4 Å². The largest absolute Gasteiger partial charge is 0.476 e. The highest BCUT2D eigenvalue weighted by molar-refractivity contribution is 7.89. The van der Waals surface area contributed by atoms with Gasteiger partial charge in [0.25, 0.3) is 0 Å². The minimum absolute atomic E-state index is 0.118. The van der Waals surface area contributed by atoms with Crippen LogP contribution in [-0.4, -0.2) is 37.3 Å². The van der Waals surface area contributed by atoms with Gasteiger partial charge in [-0.2, -0.15) is 4.98 Å². The first-order valence-electron chi connectivity index (χ1n) is 5.41. The number of hydrogen-bond acceptors (Lipinski definition) is 7. The average Bonchev–Trinajstić information content (AvgIpc) is 2.28. The van der Waals surface area contributed by atoms with Crippen LogP contribution in [0.5, 0.6) is 5.88 Å². The second kappa shape index (κ2) is 6.36. The van der Waals surface area contributed by atoms with Crippen molar-refractivity contribution in [3.8, 4) is 5.88 Å². The molecule has 0 radical (unpaired) electrons. The number of nitrogen functional groups attached to an aromatic ring is 1. The van der Waals surface area contributed by atoms with Crippen molar-refractivity contribution in [3.05, 3.63) is 6.33 Å². The van der Waals surface area contributed by atoms with Gasteiger partial charge < -0.3 is 15.8 Å². The normalized spacial score (nSPS) is 11.2. The van der Waals surface area contributed by atoms with Crippen LogP contribution < -0.4 is 20.9 Å². The minimum atomic E-state index is -3.51. The molecule has 18 heavy (non-hydrogen) atoms. The molecule has 8 nitrogen and oxygen atoms in total. The maximum Gasteiger partial charge on any atom is 0.242 e. The van der Waals surface area contributed by atoms with Crippen molar-refractivity contribution < 1.29 is 13.2 Å². The Morgan fingerprint density at radius 3 is 2.78 bits per heavy atom.